The number of rotatable bonds is 5. The first kappa shape index (κ1) is 20.1. The molecule has 6 heteroatoms. The predicted molar refractivity (Wildman–Crippen MR) is 125 cm³/mol. The van der Waals surface area contributed by atoms with E-state index in [1.54, 1.807) is 13.3 Å². The van der Waals surface area contributed by atoms with Gasteiger partial charge in [-0.1, -0.05) is 0 Å². The molecule has 0 bridgehead atoms. The van der Waals surface area contributed by atoms with Crippen LogP contribution in [0.5, 0.6) is 11.5 Å². The maximum atomic E-state index is 9.75. The van der Waals surface area contributed by atoms with Crippen LogP contribution >= 0.6 is 0 Å². The van der Waals surface area contributed by atoms with Crippen molar-refractivity contribution in [3.63, 3.8) is 0 Å². The third-order valence-electron chi connectivity index (χ3n) is 5.90. The zero-order valence-electron chi connectivity index (χ0n) is 17.9. The van der Waals surface area contributed by atoms with Gasteiger partial charge in [0, 0.05) is 28.4 Å². The maximum Gasteiger partial charge on any atom is 0.137 e. The summed E-state index contributed by atoms with van der Waals surface area (Å²) >= 11 is 0. The van der Waals surface area contributed by atoms with E-state index in [1.165, 1.54) is 0 Å². The molecule has 0 spiro atoms. The van der Waals surface area contributed by atoms with Crippen molar-refractivity contribution in [2.24, 2.45) is 0 Å². The van der Waals surface area contributed by atoms with E-state index in [9.17, 15) is 5.26 Å². The van der Waals surface area contributed by atoms with Crippen molar-refractivity contribution < 1.29 is 9.47 Å². The molecule has 0 saturated carbocycles. The Morgan fingerprint density at radius 2 is 1.78 bits per heavy atom. The Hall–Kier alpha value is -3.82. The molecule has 4 aromatic rings. The van der Waals surface area contributed by atoms with Gasteiger partial charge in [-0.2, -0.15) is 5.26 Å². The topological polar surface area (TPSA) is 83.0 Å². The molecular formula is C26H24N4O2. The van der Waals surface area contributed by atoms with Crippen molar-refractivity contribution in [3.8, 4) is 40.1 Å². The number of pyridine rings is 1. The number of fused-ring (bicyclic) bond motifs is 1. The summed E-state index contributed by atoms with van der Waals surface area (Å²) in [4.78, 5) is 8.11. The van der Waals surface area contributed by atoms with Gasteiger partial charge >= 0.3 is 0 Å². The van der Waals surface area contributed by atoms with Crippen LogP contribution in [0.1, 0.15) is 18.4 Å². The molecule has 2 N–H and O–H groups in total. The van der Waals surface area contributed by atoms with Gasteiger partial charge in [0.15, 0.2) is 0 Å². The normalized spacial score (nSPS) is 14.2. The van der Waals surface area contributed by atoms with Crippen LogP contribution in [0.3, 0.4) is 0 Å². The van der Waals surface area contributed by atoms with Crippen molar-refractivity contribution in [2.75, 3.05) is 20.2 Å². The van der Waals surface area contributed by atoms with Crippen molar-refractivity contribution in [3.05, 3.63) is 66.4 Å². The summed E-state index contributed by atoms with van der Waals surface area (Å²) in [5, 5.41) is 14.1. The Morgan fingerprint density at radius 1 is 1.00 bits per heavy atom. The largest absolute Gasteiger partial charge is 0.497 e. The summed E-state index contributed by atoms with van der Waals surface area (Å²) < 4.78 is 11.4. The van der Waals surface area contributed by atoms with E-state index >= 15 is 0 Å². The number of benzene rings is 2. The summed E-state index contributed by atoms with van der Waals surface area (Å²) in [6, 6.07) is 20.1. The molecule has 0 unspecified atom stereocenters. The minimum Gasteiger partial charge on any atom is -0.497 e. The van der Waals surface area contributed by atoms with Gasteiger partial charge in [0.2, 0.25) is 0 Å². The van der Waals surface area contributed by atoms with Crippen LogP contribution < -0.4 is 14.8 Å². The van der Waals surface area contributed by atoms with Gasteiger partial charge < -0.3 is 19.8 Å². The number of ether oxygens (including phenoxy) is 2. The Kier molecular flexibility index (Phi) is 5.49. The van der Waals surface area contributed by atoms with Crippen LogP contribution in [0.25, 0.3) is 33.4 Å². The summed E-state index contributed by atoms with van der Waals surface area (Å²) in [6.07, 6.45) is 3.83. The highest BCUT2D eigenvalue weighted by molar-refractivity contribution is 5.96. The molecule has 1 aliphatic heterocycles. The highest BCUT2D eigenvalue weighted by Crippen LogP contribution is 2.33. The highest BCUT2D eigenvalue weighted by atomic mass is 16.5. The summed E-state index contributed by atoms with van der Waals surface area (Å²) in [6.45, 7) is 1.89. The number of methoxy groups -OCH3 is 1. The van der Waals surface area contributed by atoms with Gasteiger partial charge in [-0.25, -0.2) is 0 Å². The molecule has 2 aromatic carbocycles. The first-order chi connectivity index (χ1) is 15.7. The quantitative estimate of drug-likeness (QED) is 0.476. The average Bonchev–Trinajstić information content (AvgIpc) is 3.29. The summed E-state index contributed by atoms with van der Waals surface area (Å²) in [5.74, 6) is 1.46. The number of aromatic nitrogens is 2. The van der Waals surface area contributed by atoms with Crippen LogP contribution in [-0.2, 0) is 0 Å². The molecule has 0 amide bonds. The van der Waals surface area contributed by atoms with Crippen molar-refractivity contribution >= 4 is 10.9 Å². The standard InChI is InChI=1S/C26H24N4O2/c1-31-20-5-2-17(3-6-20)24-15-22-23(30-24)10-13-29-26(22)18-4-7-25(19(14-18)16-27)32-21-8-11-28-12-9-21/h2-7,10,13-15,21,28,30H,8-9,11-12H2,1H3. The van der Waals surface area contributed by atoms with Gasteiger partial charge in [-0.3, -0.25) is 4.98 Å². The van der Waals surface area contributed by atoms with Crippen LogP contribution in [-0.4, -0.2) is 36.3 Å². The molecule has 3 heterocycles. The minimum atomic E-state index is 0.146. The number of nitrogens with zero attached hydrogens (tertiary/aromatic N) is 2. The second-order valence-corrected chi connectivity index (χ2v) is 7.92. The molecule has 1 saturated heterocycles. The molecule has 1 fully saturated rings. The smallest absolute Gasteiger partial charge is 0.137 e. The fourth-order valence-electron chi connectivity index (χ4n) is 4.17. The van der Waals surface area contributed by atoms with E-state index < -0.39 is 0 Å². The lowest BCUT2D eigenvalue weighted by Crippen LogP contribution is -2.34. The van der Waals surface area contributed by atoms with Crippen LogP contribution in [0.15, 0.2) is 60.8 Å². The fourth-order valence-corrected chi connectivity index (χ4v) is 4.17. The molecule has 0 aliphatic carbocycles. The van der Waals surface area contributed by atoms with Crippen molar-refractivity contribution in [1.82, 2.24) is 15.3 Å². The molecule has 32 heavy (non-hydrogen) atoms. The van der Waals surface area contributed by atoms with E-state index in [-0.39, 0.29) is 6.10 Å². The molecule has 2 aromatic heterocycles. The number of aromatic amines is 1. The van der Waals surface area contributed by atoms with Gasteiger partial charge in [0.05, 0.1) is 18.4 Å². The Morgan fingerprint density at radius 3 is 2.53 bits per heavy atom. The molecule has 0 radical (unpaired) electrons. The lowest BCUT2D eigenvalue weighted by Gasteiger charge is -2.24. The Balaban J connectivity index is 1.49. The second-order valence-electron chi connectivity index (χ2n) is 7.92. The van der Waals surface area contributed by atoms with E-state index in [1.807, 2.05) is 48.5 Å². The first-order valence-corrected chi connectivity index (χ1v) is 10.8. The lowest BCUT2D eigenvalue weighted by molar-refractivity contribution is 0.162. The van der Waals surface area contributed by atoms with E-state index in [4.69, 9.17) is 9.47 Å². The summed E-state index contributed by atoms with van der Waals surface area (Å²) in [7, 11) is 1.66. The number of nitrogens with one attached hydrogen (secondary N) is 2. The van der Waals surface area contributed by atoms with Gasteiger partial charge in [0.1, 0.15) is 23.7 Å². The van der Waals surface area contributed by atoms with Crippen molar-refractivity contribution in [2.45, 2.75) is 18.9 Å². The first-order valence-electron chi connectivity index (χ1n) is 10.8. The predicted octanol–water partition coefficient (Wildman–Crippen LogP) is 4.91. The van der Waals surface area contributed by atoms with Crippen molar-refractivity contribution in [1.29, 1.82) is 5.26 Å². The molecule has 1 aliphatic rings. The number of H-pyrrole nitrogens is 1. The van der Waals surface area contributed by atoms with Crippen LogP contribution in [0.4, 0.5) is 0 Å². The molecule has 6 nitrogen and oxygen atoms in total. The SMILES string of the molecule is COc1ccc(-c2cc3c(-c4ccc(OC5CCNCC5)c(C#N)c4)nccc3[nH]2)cc1. The Bertz CT molecular complexity index is 1280. The monoisotopic (exact) mass is 424 g/mol. The number of piperidine rings is 1. The van der Waals surface area contributed by atoms with Gasteiger partial charge in [0.25, 0.3) is 0 Å². The Labute approximate surface area is 186 Å². The second kappa shape index (κ2) is 8.74. The molecule has 160 valence electrons. The average molecular weight is 425 g/mol. The molecule has 0 atom stereocenters. The van der Waals surface area contributed by atoms with Crippen LogP contribution in [0.2, 0.25) is 0 Å². The van der Waals surface area contributed by atoms with E-state index in [0.29, 0.717) is 11.3 Å². The number of hydrogen-bond donors (Lipinski definition) is 2. The molecule has 5 rings (SSSR count). The van der Waals surface area contributed by atoms with Gasteiger partial charge in [-0.05, 0) is 86.1 Å². The summed E-state index contributed by atoms with van der Waals surface area (Å²) in [5.41, 5.74) is 5.33. The number of nitriles is 1. The zero-order chi connectivity index (χ0) is 21.9. The third-order valence-corrected chi connectivity index (χ3v) is 5.90. The maximum absolute atomic E-state index is 9.75. The highest BCUT2D eigenvalue weighted by Gasteiger charge is 2.18. The van der Waals surface area contributed by atoms with E-state index in [2.05, 4.69) is 27.4 Å². The minimum absolute atomic E-state index is 0.146. The van der Waals surface area contributed by atoms with Crippen LogP contribution in [0, 0.1) is 11.3 Å². The van der Waals surface area contributed by atoms with Gasteiger partial charge in [-0.15, -0.1) is 0 Å². The van der Waals surface area contributed by atoms with E-state index in [0.717, 1.165) is 65.1 Å². The number of hydrogen-bond acceptors (Lipinski definition) is 5. The lowest BCUT2D eigenvalue weighted by atomic mass is 10.0. The zero-order valence-corrected chi connectivity index (χ0v) is 17.9. The molecular weight excluding hydrogens is 400 g/mol. The third kappa shape index (κ3) is 3.91. The fraction of sp³-hybridized carbons (Fsp3) is 0.231.